The SMILES string of the molecule is CCc1cc(NC(C)C2CCCCC2)ncn1. The van der Waals surface area contributed by atoms with Crippen molar-refractivity contribution in [1.82, 2.24) is 9.97 Å². The van der Waals surface area contributed by atoms with E-state index in [2.05, 4.69) is 35.2 Å². The molecule has 1 aliphatic carbocycles. The molecule has 0 bridgehead atoms. The average molecular weight is 233 g/mol. The summed E-state index contributed by atoms with van der Waals surface area (Å²) in [6.07, 6.45) is 9.54. The number of hydrogen-bond acceptors (Lipinski definition) is 3. The predicted molar refractivity (Wildman–Crippen MR) is 71.1 cm³/mol. The first-order valence-electron chi connectivity index (χ1n) is 6.87. The van der Waals surface area contributed by atoms with Gasteiger partial charge in [-0.05, 0) is 32.1 Å². The predicted octanol–water partition coefficient (Wildman–Crippen LogP) is 3.42. The van der Waals surface area contributed by atoms with Crippen LogP contribution in [-0.4, -0.2) is 16.0 Å². The summed E-state index contributed by atoms with van der Waals surface area (Å²) in [5, 5.41) is 3.54. The van der Waals surface area contributed by atoms with Crippen LogP contribution in [0.5, 0.6) is 0 Å². The third kappa shape index (κ3) is 3.42. The second kappa shape index (κ2) is 5.99. The zero-order chi connectivity index (χ0) is 12.1. The van der Waals surface area contributed by atoms with Gasteiger partial charge in [-0.1, -0.05) is 26.2 Å². The summed E-state index contributed by atoms with van der Waals surface area (Å²) in [7, 11) is 0. The molecule has 0 amide bonds. The van der Waals surface area contributed by atoms with Crippen molar-refractivity contribution in [2.24, 2.45) is 5.92 Å². The van der Waals surface area contributed by atoms with Crippen LogP contribution in [0.4, 0.5) is 5.82 Å². The summed E-state index contributed by atoms with van der Waals surface area (Å²) in [5.74, 6) is 1.79. The highest BCUT2D eigenvalue weighted by atomic mass is 15.0. The normalized spacial score (nSPS) is 18.9. The lowest BCUT2D eigenvalue weighted by atomic mass is 9.84. The Hall–Kier alpha value is -1.12. The van der Waals surface area contributed by atoms with Gasteiger partial charge in [0.2, 0.25) is 0 Å². The van der Waals surface area contributed by atoms with Crippen molar-refractivity contribution in [3.05, 3.63) is 18.1 Å². The fourth-order valence-electron chi connectivity index (χ4n) is 2.66. The molecule has 1 atom stereocenters. The van der Waals surface area contributed by atoms with E-state index >= 15 is 0 Å². The molecule has 3 heteroatoms. The lowest BCUT2D eigenvalue weighted by Crippen LogP contribution is -2.28. The smallest absolute Gasteiger partial charge is 0.129 e. The second-order valence-electron chi connectivity index (χ2n) is 5.08. The van der Waals surface area contributed by atoms with Gasteiger partial charge in [-0.15, -0.1) is 0 Å². The van der Waals surface area contributed by atoms with Crippen molar-refractivity contribution >= 4 is 5.82 Å². The number of aryl methyl sites for hydroxylation is 1. The van der Waals surface area contributed by atoms with E-state index < -0.39 is 0 Å². The molecular weight excluding hydrogens is 210 g/mol. The zero-order valence-corrected chi connectivity index (χ0v) is 10.9. The quantitative estimate of drug-likeness (QED) is 0.866. The van der Waals surface area contributed by atoms with Crippen LogP contribution in [0, 0.1) is 5.92 Å². The number of hydrogen-bond donors (Lipinski definition) is 1. The summed E-state index contributed by atoms with van der Waals surface area (Å²) in [5.41, 5.74) is 1.11. The number of aromatic nitrogens is 2. The Labute approximate surface area is 104 Å². The molecule has 1 aliphatic rings. The monoisotopic (exact) mass is 233 g/mol. The number of nitrogens with one attached hydrogen (secondary N) is 1. The fraction of sp³-hybridized carbons (Fsp3) is 0.714. The van der Waals surface area contributed by atoms with Crippen LogP contribution in [0.25, 0.3) is 0 Å². The summed E-state index contributed by atoms with van der Waals surface area (Å²) in [4.78, 5) is 8.53. The van der Waals surface area contributed by atoms with Crippen molar-refractivity contribution < 1.29 is 0 Å². The Morgan fingerprint density at radius 2 is 2.06 bits per heavy atom. The Bertz CT molecular complexity index is 345. The van der Waals surface area contributed by atoms with Gasteiger partial charge in [-0.3, -0.25) is 0 Å². The van der Waals surface area contributed by atoms with Crippen LogP contribution in [0.3, 0.4) is 0 Å². The van der Waals surface area contributed by atoms with Crippen LogP contribution in [-0.2, 0) is 6.42 Å². The van der Waals surface area contributed by atoms with Gasteiger partial charge in [0.1, 0.15) is 12.1 Å². The Kier molecular flexibility index (Phi) is 4.35. The van der Waals surface area contributed by atoms with Gasteiger partial charge in [0, 0.05) is 17.8 Å². The lowest BCUT2D eigenvalue weighted by molar-refractivity contribution is 0.328. The lowest BCUT2D eigenvalue weighted by Gasteiger charge is -2.28. The van der Waals surface area contributed by atoms with Gasteiger partial charge in [-0.25, -0.2) is 9.97 Å². The fourth-order valence-corrected chi connectivity index (χ4v) is 2.66. The van der Waals surface area contributed by atoms with Crippen molar-refractivity contribution in [2.75, 3.05) is 5.32 Å². The van der Waals surface area contributed by atoms with Crippen molar-refractivity contribution in [3.8, 4) is 0 Å². The molecule has 2 rings (SSSR count). The Morgan fingerprint density at radius 1 is 1.29 bits per heavy atom. The standard InChI is InChI=1S/C14H23N3/c1-3-13-9-14(16-10-15-13)17-11(2)12-7-5-4-6-8-12/h9-12H,3-8H2,1-2H3,(H,15,16,17). The van der Waals surface area contributed by atoms with E-state index in [0.29, 0.717) is 6.04 Å². The van der Waals surface area contributed by atoms with E-state index in [0.717, 1.165) is 23.9 Å². The number of rotatable bonds is 4. The van der Waals surface area contributed by atoms with Gasteiger partial charge in [0.25, 0.3) is 0 Å². The summed E-state index contributed by atoms with van der Waals surface area (Å²) in [6, 6.07) is 2.59. The maximum absolute atomic E-state index is 4.30. The largest absolute Gasteiger partial charge is 0.367 e. The van der Waals surface area contributed by atoms with Gasteiger partial charge >= 0.3 is 0 Å². The highest BCUT2D eigenvalue weighted by Gasteiger charge is 2.20. The van der Waals surface area contributed by atoms with Gasteiger partial charge < -0.3 is 5.32 Å². The molecule has 17 heavy (non-hydrogen) atoms. The Morgan fingerprint density at radius 3 is 2.76 bits per heavy atom. The summed E-state index contributed by atoms with van der Waals surface area (Å²) >= 11 is 0. The van der Waals surface area contributed by atoms with E-state index in [-0.39, 0.29) is 0 Å². The number of anilines is 1. The first-order valence-corrected chi connectivity index (χ1v) is 6.87. The van der Waals surface area contributed by atoms with E-state index in [1.807, 2.05) is 0 Å². The van der Waals surface area contributed by atoms with E-state index in [9.17, 15) is 0 Å². The molecule has 0 saturated heterocycles. The molecular formula is C14H23N3. The summed E-state index contributed by atoms with van der Waals surface area (Å²) in [6.45, 7) is 4.40. The van der Waals surface area contributed by atoms with Crippen LogP contribution >= 0.6 is 0 Å². The number of nitrogens with zero attached hydrogens (tertiary/aromatic N) is 2. The minimum absolute atomic E-state index is 0.523. The molecule has 1 fully saturated rings. The molecule has 94 valence electrons. The van der Waals surface area contributed by atoms with Crippen molar-refractivity contribution in [3.63, 3.8) is 0 Å². The molecule has 0 spiro atoms. The van der Waals surface area contributed by atoms with Gasteiger partial charge in [0.05, 0.1) is 0 Å². The first-order chi connectivity index (χ1) is 8.29. The molecule has 1 saturated carbocycles. The molecule has 1 unspecified atom stereocenters. The topological polar surface area (TPSA) is 37.8 Å². The Balaban J connectivity index is 1.94. The van der Waals surface area contributed by atoms with E-state index in [1.165, 1.54) is 32.1 Å². The average Bonchev–Trinajstić information content (AvgIpc) is 2.40. The van der Waals surface area contributed by atoms with E-state index in [4.69, 9.17) is 0 Å². The third-order valence-electron chi connectivity index (χ3n) is 3.82. The van der Waals surface area contributed by atoms with Crippen LogP contribution < -0.4 is 5.32 Å². The van der Waals surface area contributed by atoms with Crippen molar-refractivity contribution in [2.45, 2.75) is 58.4 Å². The minimum atomic E-state index is 0.523. The third-order valence-corrected chi connectivity index (χ3v) is 3.82. The van der Waals surface area contributed by atoms with Gasteiger partial charge in [0.15, 0.2) is 0 Å². The first kappa shape index (κ1) is 12.3. The molecule has 1 aromatic rings. The molecule has 1 aromatic heterocycles. The molecule has 3 nitrogen and oxygen atoms in total. The van der Waals surface area contributed by atoms with Crippen LogP contribution in [0.15, 0.2) is 12.4 Å². The maximum Gasteiger partial charge on any atom is 0.129 e. The van der Waals surface area contributed by atoms with E-state index in [1.54, 1.807) is 6.33 Å². The van der Waals surface area contributed by atoms with Crippen LogP contribution in [0.2, 0.25) is 0 Å². The zero-order valence-electron chi connectivity index (χ0n) is 10.9. The summed E-state index contributed by atoms with van der Waals surface area (Å²) < 4.78 is 0. The molecule has 0 radical (unpaired) electrons. The minimum Gasteiger partial charge on any atom is -0.367 e. The van der Waals surface area contributed by atoms with Gasteiger partial charge in [-0.2, -0.15) is 0 Å². The van der Waals surface area contributed by atoms with Crippen molar-refractivity contribution in [1.29, 1.82) is 0 Å². The highest BCUT2D eigenvalue weighted by molar-refractivity contribution is 5.36. The van der Waals surface area contributed by atoms with Crippen LogP contribution in [0.1, 0.15) is 51.6 Å². The maximum atomic E-state index is 4.30. The highest BCUT2D eigenvalue weighted by Crippen LogP contribution is 2.27. The molecule has 0 aliphatic heterocycles. The second-order valence-corrected chi connectivity index (χ2v) is 5.08. The molecule has 1 heterocycles. The molecule has 1 N–H and O–H groups in total. The molecule has 0 aromatic carbocycles.